The monoisotopic (exact) mass is 690 g/mol. The maximum Gasteiger partial charge on any atom is 0.269 e. The van der Waals surface area contributed by atoms with Crippen molar-refractivity contribution in [3.8, 4) is 44.8 Å². The first-order valence-electron chi connectivity index (χ1n) is 14.5. The Kier molecular flexibility index (Phi) is 10.7. The van der Waals surface area contributed by atoms with E-state index in [0.717, 1.165) is 16.7 Å². The highest BCUT2D eigenvalue weighted by Crippen LogP contribution is 2.36. The number of aromatic nitrogens is 4. The van der Waals surface area contributed by atoms with Gasteiger partial charge < -0.3 is 9.13 Å². The molecule has 0 saturated carbocycles. The molecule has 0 aliphatic heterocycles. The Morgan fingerprint density at radius 3 is 1.53 bits per heavy atom. The predicted molar refractivity (Wildman–Crippen MR) is 185 cm³/mol. The molecule has 0 saturated heterocycles. The Hall–Kier alpha value is -4.63. The molecule has 6 aromatic rings. The molecule has 2 aromatic carbocycles. The first-order chi connectivity index (χ1) is 22.6. The maximum absolute atomic E-state index is 13.3. The van der Waals surface area contributed by atoms with Crippen LogP contribution in [-0.2, 0) is 13.1 Å². The van der Waals surface area contributed by atoms with Crippen LogP contribution in [0.2, 0.25) is 15.3 Å². The van der Waals surface area contributed by atoms with E-state index in [1.165, 1.54) is 30.3 Å². The average molecular weight is 692 g/mol. The molecule has 0 N–H and O–H groups in total. The number of pyridine rings is 4. The van der Waals surface area contributed by atoms with E-state index in [4.69, 9.17) is 34.8 Å². The molecule has 4 aromatic heterocycles. The fourth-order valence-electron chi connectivity index (χ4n) is 5.26. The highest BCUT2D eigenvalue weighted by Gasteiger charge is 2.19. The van der Waals surface area contributed by atoms with Crippen molar-refractivity contribution in [2.75, 3.05) is 0 Å². The molecule has 0 aliphatic rings. The van der Waals surface area contributed by atoms with E-state index in [-0.39, 0.29) is 27.8 Å². The number of hydrogen-bond donors (Lipinski definition) is 0. The van der Waals surface area contributed by atoms with Crippen LogP contribution in [0, 0.1) is 11.6 Å². The molecule has 0 radical (unpaired) electrons. The molecule has 0 amide bonds. The van der Waals surface area contributed by atoms with Crippen molar-refractivity contribution in [1.29, 1.82) is 0 Å². The van der Waals surface area contributed by atoms with Crippen molar-refractivity contribution in [1.82, 2.24) is 19.1 Å². The van der Waals surface area contributed by atoms with Gasteiger partial charge in [-0.3, -0.25) is 9.59 Å². The molecular formula is C36H27Cl3F2N4O2. The normalized spacial score (nSPS) is 10.8. The van der Waals surface area contributed by atoms with Crippen molar-refractivity contribution in [3.05, 3.63) is 151 Å². The van der Waals surface area contributed by atoms with E-state index < -0.39 is 0 Å². The quantitative estimate of drug-likeness (QED) is 0.163. The Balaban J connectivity index is 0.000000185. The molecule has 0 aliphatic carbocycles. The van der Waals surface area contributed by atoms with Crippen molar-refractivity contribution in [2.45, 2.75) is 26.9 Å². The summed E-state index contributed by atoms with van der Waals surface area (Å²) in [5.41, 5.74) is 5.21. The van der Waals surface area contributed by atoms with Crippen LogP contribution in [-0.4, -0.2) is 19.1 Å². The van der Waals surface area contributed by atoms with E-state index in [1.807, 2.05) is 19.9 Å². The van der Waals surface area contributed by atoms with Crippen LogP contribution < -0.4 is 11.1 Å². The number of hydrogen-bond acceptors (Lipinski definition) is 4. The summed E-state index contributed by atoms with van der Waals surface area (Å²) in [4.78, 5) is 32.8. The van der Waals surface area contributed by atoms with Crippen LogP contribution in [0.3, 0.4) is 0 Å². The van der Waals surface area contributed by atoms with Crippen LogP contribution in [0.15, 0.2) is 113 Å². The summed E-state index contributed by atoms with van der Waals surface area (Å²) in [6.07, 6.45) is 3.19. The lowest BCUT2D eigenvalue weighted by molar-refractivity contribution is 0.627. The summed E-state index contributed by atoms with van der Waals surface area (Å²) in [5, 5.41) is 0.757. The minimum Gasteiger partial charge on any atom is -0.308 e. The summed E-state index contributed by atoms with van der Waals surface area (Å²) in [5.74, 6) is -0.671. The van der Waals surface area contributed by atoms with Crippen LogP contribution in [0.5, 0.6) is 0 Å². The summed E-state index contributed by atoms with van der Waals surface area (Å²) < 4.78 is 29.7. The van der Waals surface area contributed by atoms with Gasteiger partial charge in [0.05, 0.1) is 11.4 Å². The molecule has 0 bridgehead atoms. The van der Waals surface area contributed by atoms with Gasteiger partial charge in [0.1, 0.15) is 27.0 Å². The first-order valence-corrected chi connectivity index (χ1v) is 15.7. The van der Waals surface area contributed by atoms with Gasteiger partial charge in [-0.05, 0) is 110 Å². The highest BCUT2D eigenvalue weighted by molar-refractivity contribution is 6.33. The topological polar surface area (TPSA) is 69.8 Å². The maximum atomic E-state index is 13.3. The van der Waals surface area contributed by atoms with Gasteiger partial charge >= 0.3 is 0 Å². The third kappa shape index (κ3) is 7.20. The SMILES string of the molecule is CCn1c(-c2ccc(F)cc2)c(-c2cccnc2Cl)cc(Cl)c1=O.CCn1c(-c2ccc(F)cc2)c(-c2cccnc2Cl)ccc1=O. The number of rotatable bonds is 6. The van der Waals surface area contributed by atoms with Gasteiger partial charge in [-0.2, -0.15) is 0 Å². The first kappa shape index (κ1) is 33.7. The lowest BCUT2D eigenvalue weighted by atomic mass is 9.99. The van der Waals surface area contributed by atoms with E-state index in [0.29, 0.717) is 51.5 Å². The molecule has 238 valence electrons. The van der Waals surface area contributed by atoms with Crippen molar-refractivity contribution >= 4 is 34.8 Å². The number of halogens is 5. The van der Waals surface area contributed by atoms with Crippen molar-refractivity contribution in [2.24, 2.45) is 0 Å². The van der Waals surface area contributed by atoms with E-state index in [2.05, 4.69) is 9.97 Å². The molecule has 0 fully saturated rings. The second kappa shape index (κ2) is 14.9. The van der Waals surface area contributed by atoms with E-state index >= 15 is 0 Å². The lowest BCUT2D eigenvalue weighted by Gasteiger charge is -2.17. The summed E-state index contributed by atoms with van der Waals surface area (Å²) >= 11 is 18.6. The zero-order valence-corrected chi connectivity index (χ0v) is 27.5. The smallest absolute Gasteiger partial charge is 0.269 e. The van der Waals surface area contributed by atoms with Crippen LogP contribution in [0.1, 0.15) is 13.8 Å². The van der Waals surface area contributed by atoms with Crippen LogP contribution >= 0.6 is 34.8 Å². The Morgan fingerprint density at radius 1 is 0.596 bits per heavy atom. The van der Waals surface area contributed by atoms with Crippen molar-refractivity contribution < 1.29 is 8.78 Å². The third-order valence-electron chi connectivity index (χ3n) is 7.40. The molecule has 0 spiro atoms. The van der Waals surface area contributed by atoms with Gasteiger partial charge in [-0.1, -0.05) is 34.8 Å². The standard InChI is InChI=1S/C18H13Cl2FN2O.C18H14ClFN2O/c1-2-23-16(11-5-7-12(21)8-6-11)14(10-15(19)18(23)24)13-4-3-9-22-17(13)20;1-2-22-16(23)10-9-14(15-4-3-11-21-18(15)19)17(22)12-5-7-13(20)8-6-12/h3-10H,2H2,1H3;3-11H,2H2,1H3. The summed E-state index contributed by atoms with van der Waals surface area (Å²) in [6, 6.07) is 24.0. The van der Waals surface area contributed by atoms with E-state index in [9.17, 15) is 18.4 Å². The highest BCUT2D eigenvalue weighted by atomic mass is 35.5. The van der Waals surface area contributed by atoms with Gasteiger partial charge in [0.25, 0.3) is 11.1 Å². The summed E-state index contributed by atoms with van der Waals surface area (Å²) in [7, 11) is 0. The van der Waals surface area contributed by atoms with Gasteiger partial charge in [0.15, 0.2) is 0 Å². The van der Waals surface area contributed by atoms with Crippen molar-refractivity contribution in [3.63, 3.8) is 0 Å². The van der Waals surface area contributed by atoms with Gasteiger partial charge in [0.2, 0.25) is 0 Å². The Morgan fingerprint density at radius 2 is 1.06 bits per heavy atom. The molecular weight excluding hydrogens is 665 g/mol. The second-order valence-electron chi connectivity index (χ2n) is 10.2. The van der Waals surface area contributed by atoms with Gasteiger partial charge in [0, 0.05) is 53.8 Å². The Labute approximate surface area is 284 Å². The molecule has 6 nitrogen and oxygen atoms in total. The lowest BCUT2D eigenvalue weighted by Crippen LogP contribution is -2.22. The summed E-state index contributed by atoms with van der Waals surface area (Å²) in [6.45, 7) is 4.65. The zero-order valence-electron chi connectivity index (χ0n) is 25.2. The average Bonchev–Trinajstić information content (AvgIpc) is 3.07. The Bertz CT molecular complexity index is 2170. The molecule has 6 rings (SSSR count). The number of nitrogens with zero attached hydrogens (tertiary/aromatic N) is 4. The second-order valence-corrected chi connectivity index (χ2v) is 11.3. The molecule has 4 heterocycles. The number of benzene rings is 2. The zero-order chi connectivity index (χ0) is 33.7. The molecule has 0 atom stereocenters. The van der Waals surface area contributed by atoms with Crippen LogP contribution in [0.4, 0.5) is 8.78 Å². The van der Waals surface area contributed by atoms with E-state index in [1.54, 1.807) is 76.1 Å². The minimum atomic E-state index is -0.348. The third-order valence-corrected chi connectivity index (χ3v) is 8.27. The largest absolute Gasteiger partial charge is 0.308 e. The predicted octanol–water partition coefficient (Wildman–Crippen LogP) is 9.43. The fourth-order valence-corrected chi connectivity index (χ4v) is 5.92. The molecule has 11 heteroatoms. The van der Waals surface area contributed by atoms with Gasteiger partial charge in [-0.15, -0.1) is 0 Å². The molecule has 47 heavy (non-hydrogen) atoms. The van der Waals surface area contributed by atoms with Crippen LogP contribution in [0.25, 0.3) is 44.8 Å². The molecule has 0 unspecified atom stereocenters. The fraction of sp³-hybridized carbons (Fsp3) is 0.111. The minimum absolute atomic E-state index is 0.0950. The van der Waals surface area contributed by atoms with Gasteiger partial charge in [-0.25, -0.2) is 18.7 Å².